The van der Waals surface area contributed by atoms with Gasteiger partial charge >= 0.3 is 0 Å². The second-order valence-corrected chi connectivity index (χ2v) is 5.82. The first-order valence-electron chi connectivity index (χ1n) is 7.82. The molecule has 1 unspecified atom stereocenters. The van der Waals surface area contributed by atoms with Gasteiger partial charge in [-0.15, -0.1) is 0 Å². The summed E-state index contributed by atoms with van der Waals surface area (Å²) in [6.45, 7) is 2.93. The zero-order chi connectivity index (χ0) is 15.4. The number of aliphatic hydroxyl groups is 1. The molecule has 1 atom stereocenters. The summed E-state index contributed by atoms with van der Waals surface area (Å²) >= 11 is 0. The molecule has 0 aliphatic carbocycles. The molecule has 1 aliphatic heterocycles. The molecular formula is C18H21FN2O. The summed E-state index contributed by atoms with van der Waals surface area (Å²) in [7, 11) is 0. The molecule has 0 spiro atoms. The molecular weight excluding hydrogens is 279 g/mol. The van der Waals surface area contributed by atoms with Gasteiger partial charge in [0, 0.05) is 30.3 Å². The maximum absolute atomic E-state index is 13.0. The molecule has 4 heteroatoms. The predicted octanol–water partition coefficient (Wildman–Crippen LogP) is 3.06. The Hall–Kier alpha value is -1.78. The van der Waals surface area contributed by atoms with Gasteiger partial charge < -0.3 is 10.0 Å². The molecule has 2 aromatic rings. The van der Waals surface area contributed by atoms with Crippen molar-refractivity contribution >= 4 is 0 Å². The fourth-order valence-electron chi connectivity index (χ4n) is 3.10. The molecule has 1 fully saturated rings. The van der Waals surface area contributed by atoms with Crippen LogP contribution >= 0.6 is 0 Å². The van der Waals surface area contributed by atoms with E-state index in [9.17, 15) is 4.39 Å². The van der Waals surface area contributed by atoms with Gasteiger partial charge in [0.2, 0.25) is 0 Å². The molecule has 1 N–H and O–H groups in total. The van der Waals surface area contributed by atoms with Gasteiger partial charge in [0.15, 0.2) is 0 Å². The summed E-state index contributed by atoms with van der Waals surface area (Å²) in [4.78, 5) is 7.07. The van der Waals surface area contributed by atoms with Crippen LogP contribution in [-0.2, 0) is 0 Å². The van der Waals surface area contributed by atoms with Gasteiger partial charge in [-0.05, 0) is 55.8 Å². The molecule has 0 amide bonds. The number of aromatic nitrogens is 1. The van der Waals surface area contributed by atoms with E-state index in [1.54, 1.807) is 12.1 Å². The highest BCUT2D eigenvalue weighted by Gasteiger charge is 2.22. The van der Waals surface area contributed by atoms with Crippen LogP contribution in [0.2, 0.25) is 0 Å². The molecule has 22 heavy (non-hydrogen) atoms. The van der Waals surface area contributed by atoms with Crippen LogP contribution in [0.15, 0.2) is 42.5 Å². The zero-order valence-electron chi connectivity index (χ0n) is 12.6. The summed E-state index contributed by atoms with van der Waals surface area (Å²) in [5, 5.41) is 9.10. The van der Waals surface area contributed by atoms with E-state index in [-0.39, 0.29) is 12.4 Å². The smallest absolute Gasteiger partial charge is 0.123 e. The second-order valence-electron chi connectivity index (χ2n) is 5.82. The summed E-state index contributed by atoms with van der Waals surface area (Å²) in [5.41, 5.74) is 2.91. The molecule has 0 radical (unpaired) electrons. The van der Waals surface area contributed by atoms with Crippen molar-refractivity contribution in [3.63, 3.8) is 0 Å². The number of hydrogen-bond donors (Lipinski definition) is 1. The lowest BCUT2D eigenvalue weighted by atomic mass is 9.94. The van der Waals surface area contributed by atoms with Crippen molar-refractivity contribution in [2.75, 3.05) is 26.2 Å². The van der Waals surface area contributed by atoms with E-state index in [0.29, 0.717) is 5.92 Å². The average Bonchev–Trinajstić information content (AvgIpc) is 2.56. The van der Waals surface area contributed by atoms with Gasteiger partial charge in [0.1, 0.15) is 5.82 Å². The molecule has 1 aromatic heterocycles. The molecule has 0 saturated carbocycles. The Morgan fingerprint density at radius 3 is 2.77 bits per heavy atom. The number of pyridine rings is 1. The number of benzene rings is 1. The van der Waals surface area contributed by atoms with Crippen LogP contribution in [0.4, 0.5) is 4.39 Å². The van der Waals surface area contributed by atoms with E-state index < -0.39 is 0 Å². The number of β-amino-alcohol motifs (C(OH)–C–C–N with tert-alkyl or cyclic N) is 1. The Kier molecular flexibility index (Phi) is 4.80. The topological polar surface area (TPSA) is 36.4 Å². The number of piperidine rings is 1. The lowest BCUT2D eigenvalue weighted by Crippen LogP contribution is -2.36. The highest BCUT2D eigenvalue weighted by atomic mass is 19.1. The Bertz CT molecular complexity index is 613. The highest BCUT2D eigenvalue weighted by Crippen LogP contribution is 2.27. The van der Waals surface area contributed by atoms with E-state index >= 15 is 0 Å². The number of halogens is 1. The minimum Gasteiger partial charge on any atom is -0.395 e. The lowest BCUT2D eigenvalue weighted by Gasteiger charge is -2.32. The van der Waals surface area contributed by atoms with Gasteiger partial charge in [0.05, 0.1) is 12.3 Å². The summed E-state index contributed by atoms with van der Waals surface area (Å²) in [5.74, 6) is 0.174. The van der Waals surface area contributed by atoms with Crippen LogP contribution in [0.5, 0.6) is 0 Å². The first-order chi connectivity index (χ1) is 10.8. The third-order valence-electron chi connectivity index (χ3n) is 4.25. The molecule has 1 saturated heterocycles. The summed E-state index contributed by atoms with van der Waals surface area (Å²) in [6, 6.07) is 12.5. The van der Waals surface area contributed by atoms with Crippen LogP contribution in [-0.4, -0.2) is 41.2 Å². The maximum Gasteiger partial charge on any atom is 0.123 e. The van der Waals surface area contributed by atoms with E-state index in [1.807, 2.05) is 12.1 Å². The van der Waals surface area contributed by atoms with Crippen LogP contribution < -0.4 is 0 Å². The molecule has 116 valence electrons. The van der Waals surface area contributed by atoms with Gasteiger partial charge in [0.25, 0.3) is 0 Å². The number of likely N-dealkylation sites (tertiary alicyclic amines) is 1. The van der Waals surface area contributed by atoms with E-state index in [4.69, 9.17) is 10.1 Å². The Labute approximate surface area is 130 Å². The third-order valence-corrected chi connectivity index (χ3v) is 4.25. The van der Waals surface area contributed by atoms with Crippen LogP contribution in [0.3, 0.4) is 0 Å². The van der Waals surface area contributed by atoms with Crippen molar-refractivity contribution in [2.45, 2.75) is 18.8 Å². The predicted molar refractivity (Wildman–Crippen MR) is 85.1 cm³/mol. The molecule has 1 aromatic carbocycles. The fourth-order valence-corrected chi connectivity index (χ4v) is 3.10. The maximum atomic E-state index is 13.0. The first kappa shape index (κ1) is 15.1. The fraction of sp³-hybridized carbons (Fsp3) is 0.389. The Balaban J connectivity index is 1.80. The normalized spacial score (nSPS) is 19.3. The molecule has 0 bridgehead atoms. The van der Waals surface area contributed by atoms with E-state index in [1.165, 1.54) is 12.1 Å². The van der Waals surface area contributed by atoms with Crippen LogP contribution in [0.1, 0.15) is 24.5 Å². The highest BCUT2D eigenvalue weighted by molar-refractivity contribution is 5.59. The number of rotatable bonds is 4. The van der Waals surface area contributed by atoms with Crippen LogP contribution in [0.25, 0.3) is 11.3 Å². The quantitative estimate of drug-likeness (QED) is 0.943. The molecule has 1 aliphatic rings. The average molecular weight is 300 g/mol. The lowest BCUT2D eigenvalue weighted by molar-refractivity contribution is 0.160. The number of hydrogen-bond acceptors (Lipinski definition) is 3. The zero-order valence-corrected chi connectivity index (χ0v) is 12.6. The van der Waals surface area contributed by atoms with Crippen molar-refractivity contribution < 1.29 is 9.50 Å². The van der Waals surface area contributed by atoms with Crippen molar-refractivity contribution in [3.05, 3.63) is 54.0 Å². The van der Waals surface area contributed by atoms with Gasteiger partial charge in [-0.25, -0.2) is 4.39 Å². The van der Waals surface area contributed by atoms with E-state index in [2.05, 4.69) is 11.0 Å². The van der Waals surface area contributed by atoms with Crippen molar-refractivity contribution in [1.82, 2.24) is 9.88 Å². The van der Waals surface area contributed by atoms with Gasteiger partial charge in [-0.2, -0.15) is 0 Å². The van der Waals surface area contributed by atoms with Gasteiger partial charge in [-0.1, -0.05) is 6.07 Å². The van der Waals surface area contributed by atoms with Crippen molar-refractivity contribution in [3.8, 4) is 11.3 Å². The first-order valence-corrected chi connectivity index (χ1v) is 7.82. The van der Waals surface area contributed by atoms with Crippen molar-refractivity contribution in [2.24, 2.45) is 0 Å². The molecule has 3 rings (SSSR count). The standard InChI is InChI=1S/C18H21FN2O/c19-16-8-6-14(7-9-16)17-4-1-5-18(20-17)15-3-2-10-21(13-15)11-12-22/h1,4-9,15,22H,2-3,10-13H2. The van der Waals surface area contributed by atoms with E-state index in [0.717, 1.165) is 49.4 Å². The minimum atomic E-state index is -0.230. The number of nitrogens with zero attached hydrogens (tertiary/aromatic N) is 2. The summed E-state index contributed by atoms with van der Waals surface area (Å²) in [6.07, 6.45) is 2.26. The second kappa shape index (κ2) is 6.99. The third kappa shape index (κ3) is 3.51. The molecule has 3 nitrogen and oxygen atoms in total. The van der Waals surface area contributed by atoms with Gasteiger partial charge in [-0.3, -0.25) is 4.98 Å². The van der Waals surface area contributed by atoms with Crippen LogP contribution in [0, 0.1) is 5.82 Å². The van der Waals surface area contributed by atoms with Crippen molar-refractivity contribution in [1.29, 1.82) is 0 Å². The SMILES string of the molecule is OCCN1CCCC(c2cccc(-c3ccc(F)cc3)n2)C1. The molecule has 2 heterocycles. The minimum absolute atomic E-state index is 0.204. The number of aliphatic hydroxyl groups excluding tert-OH is 1. The largest absolute Gasteiger partial charge is 0.395 e. The summed E-state index contributed by atoms with van der Waals surface area (Å²) < 4.78 is 13.0. The Morgan fingerprint density at radius 1 is 1.18 bits per heavy atom. The monoisotopic (exact) mass is 300 g/mol. The Morgan fingerprint density at radius 2 is 2.00 bits per heavy atom.